The third kappa shape index (κ3) is 4.49. The lowest BCUT2D eigenvalue weighted by atomic mass is 10.2. The molecule has 1 aromatic carbocycles. The van der Waals surface area contributed by atoms with E-state index in [4.69, 9.17) is 9.47 Å². The van der Waals surface area contributed by atoms with Crippen molar-refractivity contribution in [2.24, 2.45) is 0 Å². The Balaban J connectivity index is 2.64. The Morgan fingerprint density at radius 3 is 2.50 bits per heavy atom. The third-order valence-corrected chi connectivity index (χ3v) is 3.11. The molecule has 0 N–H and O–H groups in total. The molecule has 0 bridgehead atoms. The second kappa shape index (κ2) is 7.85. The largest absolute Gasteiger partial charge is 0.494 e. The molecular formula is C15H22FNO3. The molecule has 0 aliphatic carbocycles. The summed E-state index contributed by atoms with van der Waals surface area (Å²) in [6, 6.07) is 4.04. The number of halogens is 1. The molecule has 1 rings (SSSR count). The van der Waals surface area contributed by atoms with Crippen LogP contribution in [0.1, 0.15) is 31.1 Å². The lowest BCUT2D eigenvalue weighted by Gasteiger charge is -2.22. The van der Waals surface area contributed by atoms with Crippen molar-refractivity contribution in [2.75, 3.05) is 26.7 Å². The van der Waals surface area contributed by atoms with Crippen molar-refractivity contribution < 1.29 is 18.7 Å². The van der Waals surface area contributed by atoms with Crippen LogP contribution in [0.25, 0.3) is 0 Å². The van der Waals surface area contributed by atoms with E-state index in [1.165, 1.54) is 19.2 Å². The van der Waals surface area contributed by atoms with Gasteiger partial charge >= 0.3 is 5.97 Å². The number of methoxy groups -OCH3 is 1. The minimum absolute atomic E-state index is 0.109. The molecule has 1 aromatic rings. The molecule has 1 atom stereocenters. The predicted molar refractivity (Wildman–Crippen MR) is 75.6 cm³/mol. The third-order valence-electron chi connectivity index (χ3n) is 3.11. The number of carbonyl (C=O) groups is 1. The minimum Gasteiger partial charge on any atom is -0.494 e. The first kappa shape index (κ1) is 16.4. The fourth-order valence-corrected chi connectivity index (χ4v) is 1.93. The first-order chi connectivity index (χ1) is 9.51. The van der Waals surface area contributed by atoms with Crippen molar-refractivity contribution in [2.45, 2.75) is 26.9 Å². The Morgan fingerprint density at radius 2 is 2.00 bits per heavy atom. The molecular weight excluding hydrogens is 261 g/mol. The van der Waals surface area contributed by atoms with E-state index in [9.17, 15) is 9.18 Å². The maximum Gasteiger partial charge on any atom is 0.338 e. The predicted octanol–water partition coefficient (Wildman–Crippen LogP) is 2.72. The first-order valence-electron chi connectivity index (χ1n) is 6.78. The summed E-state index contributed by atoms with van der Waals surface area (Å²) in [6.45, 7) is 8.40. The van der Waals surface area contributed by atoms with Gasteiger partial charge in [-0.25, -0.2) is 9.18 Å². The second-order valence-electron chi connectivity index (χ2n) is 4.55. The van der Waals surface area contributed by atoms with Crippen LogP contribution in [0.3, 0.4) is 0 Å². The van der Waals surface area contributed by atoms with Gasteiger partial charge < -0.3 is 14.4 Å². The number of hydrogen-bond acceptors (Lipinski definition) is 4. The van der Waals surface area contributed by atoms with Gasteiger partial charge in [0.1, 0.15) is 6.10 Å². The van der Waals surface area contributed by atoms with Gasteiger partial charge in [-0.3, -0.25) is 0 Å². The van der Waals surface area contributed by atoms with Crippen molar-refractivity contribution in [3.05, 3.63) is 29.6 Å². The number of ether oxygens (including phenoxy) is 2. The van der Waals surface area contributed by atoms with Gasteiger partial charge in [0.05, 0.1) is 12.7 Å². The van der Waals surface area contributed by atoms with Gasteiger partial charge in [0.2, 0.25) is 0 Å². The Morgan fingerprint density at radius 1 is 1.35 bits per heavy atom. The molecule has 0 spiro atoms. The monoisotopic (exact) mass is 283 g/mol. The standard InChI is InChI=1S/C15H22FNO3/c1-5-17(6-2)10-11(3)20-15(18)12-7-8-14(19-4)13(16)9-12/h7-9,11H,5-6,10H2,1-4H3. The molecule has 4 nitrogen and oxygen atoms in total. The van der Waals surface area contributed by atoms with Crippen LogP contribution in [-0.4, -0.2) is 43.7 Å². The van der Waals surface area contributed by atoms with Crippen LogP contribution in [0.4, 0.5) is 4.39 Å². The number of rotatable bonds is 7. The zero-order valence-corrected chi connectivity index (χ0v) is 12.5. The van der Waals surface area contributed by atoms with Gasteiger partial charge in [-0.05, 0) is 38.2 Å². The highest BCUT2D eigenvalue weighted by atomic mass is 19.1. The minimum atomic E-state index is -0.571. The number of hydrogen-bond donors (Lipinski definition) is 0. The van der Waals surface area contributed by atoms with Gasteiger partial charge in [0.15, 0.2) is 11.6 Å². The van der Waals surface area contributed by atoms with Crippen LogP contribution in [0.5, 0.6) is 5.75 Å². The highest BCUT2D eigenvalue weighted by Gasteiger charge is 2.16. The number of nitrogens with zero attached hydrogens (tertiary/aromatic N) is 1. The molecule has 0 heterocycles. The molecule has 0 aliphatic heterocycles. The van der Waals surface area contributed by atoms with Gasteiger partial charge in [-0.1, -0.05) is 13.8 Å². The summed E-state index contributed by atoms with van der Waals surface area (Å²) in [5.74, 6) is -0.984. The number of carbonyl (C=O) groups excluding carboxylic acids is 1. The summed E-state index contributed by atoms with van der Waals surface area (Å²) < 4.78 is 23.6. The summed E-state index contributed by atoms with van der Waals surface area (Å²) in [6.07, 6.45) is -0.243. The molecule has 0 saturated carbocycles. The normalized spacial score (nSPS) is 12.3. The lowest BCUT2D eigenvalue weighted by Crippen LogP contribution is -2.33. The summed E-state index contributed by atoms with van der Waals surface area (Å²) in [4.78, 5) is 14.1. The molecule has 0 amide bonds. The summed E-state index contributed by atoms with van der Waals surface area (Å²) in [5, 5.41) is 0. The van der Waals surface area contributed by atoms with Crippen LogP contribution in [0, 0.1) is 5.82 Å². The van der Waals surface area contributed by atoms with Crippen LogP contribution < -0.4 is 4.74 Å². The van der Waals surface area contributed by atoms with Gasteiger partial charge in [0, 0.05) is 6.54 Å². The van der Waals surface area contributed by atoms with E-state index in [2.05, 4.69) is 18.7 Å². The summed E-state index contributed by atoms with van der Waals surface area (Å²) in [7, 11) is 1.38. The topological polar surface area (TPSA) is 38.8 Å². The van der Waals surface area contributed by atoms with Gasteiger partial charge in [0.25, 0.3) is 0 Å². The molecule has 0 radical (unpaired) electrons. The van der Waals surface area contributed by atoms with E-state index < -0.39 is 11.8 Å². The SMILES string of the molecule is CCN(CC)CC(C)OC(=O)c1ccc(OC)c(F)c1. The number of likely N-dealkylation sites (N-methyl/N-ethyl adjacent to an activating group) is 1. The molecule has 1 unspecified atom stereocenters. The quantitative estimate of drug-likeness (QED) is 0.721. The van der Waals surface area contributed by atoms with Crippen LogP contribution in [0.15, 0.2) is 18.2 Å². The number of benzene rings is 1. The Bertz CT molecular complexity index is 447. The Labute approximate surface area is 119 Å². The second-order valence-corrected chi connectivity index (χ2v) is 4.55. The Kier molecular flexibility index (Phi) is 6.45. The van der Waals surface area contributed by atoms with Gasteiger partial charge in [-0.2, -0.15) is 0 Å². The van der Waals surface area contributed by atoms with E-state index in [1.807, 2.05) is 6.92 Å². The highest BCUT2D eigenvalue weighted by Crippen LogP contribution is 2.18. The van der Waals surface area contributed by atoms with Crippen molar-refractivity contribution in [3.8, 4) is 5.75 Å². The molecule has 5 heteroatoms. The maximum atomic E-state index is 13.5. The van der Waals surface area contributed by atoms with E-state index in [1.54, 1.807) is 0 Å². The molecule has 0 aliphatic rings. The molecule has 0 aromatic heterocycles. The molecule has 20 heavy (non-hydrogen) atoms. The smallest absolute Gasteiger partial charge is 0.338 e. The number of esters is 1. The lowest BCUT2D eigenvalue weighted by molar-refractivity contribution is 0.0260. The zero-order valence-electron chi connectivity index (χ0n) is 12.5. The van der Waals surface area contributed by atoms with E-state index in [0.29, 0.717) is 6.54 Å². The van der Waals surface area contributed by atoms with Crippen molar-refractivity contribution in [1.29, 1.82) is 0 Å². The van der Waals surface area contributed by atoms with E-state index in [0.717, 1.165) is 19.2 Å². The first-order valence-corrected chi connectivity index (χ1v) is 6.78. The van der Waals surface area contributed by atoms with Gasteiger partial charge in [-0.15, -0.1) is 0 Å². The average Bonchev–Trinajstić information content (AvgIpc) is 2.44. The molecule has 0 saturated heterocycles. The van der Waals surface area contributed by atoms with E-state index in [-0.39, 0.29) is 17.4 Å². The average molecular weight is 283 g/mol. The summed E-state index contributed by atoms with van der Waals surface area (Å²) >= 11 is 0. The van der Waals surface area contributed by atoms with Crippen molar-refractivity contribution >= 4 is 5.97 Å². The van der Waals surface area contributed by atoms with E-state index >= 15 is 0 Å². The fourth-order valence-electron chi connectivity index (χ4n) is 1.93. The Hall–Kier alpha value is -1.62. The van der Waals surface area contributed by atoms with Crippen LogP contribution in [-0.2, 0) is 4.74 Å². The van der Waals surface area contributed by atoms with Crippen LogP contribution in [0.2, 0.25) is 0 Å². The summed E-state index contributed by atoms with van der Waals surface area (Å²) in [5.41, 5.74) is 0.190. The van der Waals surface area contributed by atoms with Crippen LogP contribution >= 0.6 is 0 Å². The highest BCUT2D eigenvalue weighted by molar-refractivity contribution is 5.89. The van der Waals surface area contributed by atoms with Crippen molar-refractivity contribution in [1.82, 2.24) is 4.90 Å². The maximum absolute atomic E-state index is 13.5. The van der Waals surface area contributed by atoms with Crippen molar-refractivity contribution in [3.63, 3.8) is 0 Å². The zero-order chi connectivity index (χ0) is 15.1. The molecule has 112 valence electrons. The molecule has 0 fully saturated rings. The fraction of sp³-hybridized carbons (Fsp3) is 0.533.